The predicted octanol–water partition coefficient (Wildman–Crippen LogP) is 3.33. The molecule has 4 aromatic rings. The van der Waals surface area contributed by atoms with Crippen LogP contribution in [0.2, 0.25) is 0 Å². The number of amides is 1. The summed E-state index contributed by atoms with van der Waals surface area (Å²) in [5.74, 6) is -0.244. The highest BCUT2D eigenvalue weighted by molar-refractivity contribution is 7.92. The van der Waals surface area contributed by atoms with Crippen LogP contribution in [-0.2, 0) is 16.6 Å². The first-order chi connectivity index (χ1) is 15.8. The maximum atomic E-state index is 12.9. The molecule has 33 heavy (non-hydrogen) atoms. The van der Waals surface area contributed by atoms with E-state index in [0.29, 0.717) is 17.8 Å². The topological polar surface area (TPSA) is 97.2 Å². The van der Waals surface area contributed by atoms with Gasteiger partial charge in [0, 0.05) is 19.2 Å². The number of hydrogen-bond donors (Lipinski definition) is 1. The molecule has 1 heterocycles. The molecule has 0 radical (unpaired) electrons. The van der Waals surface area contributed by atoms with Gasteiger partial charge in [0.15, 0.2) is 0 Å². The van der Waals surface area contributed by atoms with E-state index in [2.05, 4.69) is 15.4 Å². The Labute approximate surface area is 192 Å². The molecule has 4 rings (SSSR count). The average Bonchev–Trinajstić information content (AvgIpc) is 3.38. The third-order valence-corrected chi connectivity index (χ3v) is 7.04. The molecule has 0 spiro atoms. The SMILES string of the molecule is Cc1ccc(S(=O)(=O)N(C)c2ccc(C(=O)NCc3ccc(-n4cncn4)cc3)cc2)cc1. The van der Waals surface area contributed by atoms with Crippen LogP contribution in [0.25, 0.3) is 5.69 Å². The Kier molecular flexibility index (Phi) is 6.23. The maximum absolute atomic E-state index is 12.9. The number of carbonyl (C=O) groups is 1. The van der Waals surface area contributed by atoms with Crippen molar-refractivity contribution in [1.29, 1.82) is 0 Å². The quantitative estimate of drug-likeness (QED) is 0.455. The lowest BCUT2D eigenvalue weighted by molar-refractivity contribution is 0.0951. The van der Waals surface area contributed by atoms with E-state index in [4.69, 9.17) is 0 Å². The normalized spacial score (nSPS) is 11.2. The fraction of sp³-hybridized carbons (Fsp3) is 0.125. The third-order valence-electron chi connectivity index (χ3n) is 5.25. The Morgan fingerprint density at radius 2 is 1.64 bits per heavy atom. The van der Waals surface area contributed by atoms with Crippen LogP contribution < -0.4 is 9.62 Å². The number of anilines is 1. The zero-order chi connectivity index (χ0) is 23.4. The number of nitrogens with one attached hydrogen (secondary N) is 1. The summed E-state index contributed by atoms with van der Waals surface area (Å²) in [6.07, 6.45) is 3.08. The molecule has 0 unspecified atom stereocenters. The Morgan fingerprint density at radius 3 is 2.24 bits per heavy atom. The second-order valence-corrected chi connectivity index (χ2v) is 9.49. The molecule has 1 amide bonds. The maximum Gasteiger partial charge on any atom is 0.264 e. The lowest BCUT2D eigenvalue weighted by Gasteiger charge is -2.20. The van der Waals surface area contributed by atoms with Gasteiger partial charge in [-0.25, -0.2) is 18.1 Å². The van der Waals surface area contributed by atoms with Crippen molar-refractivity contribution in [3.05, 3.63) is 102 Å². The van der Waals surface area contributed by atoms with Crippen LogP contribution >= 0.6 is 0 Å². The summed E-state index contributed by atoms with van der Waals surface area (Å²) < 4.78 is 28.6. The molecule has 0 aliphatic heterocycles. The molecule has 0 bridgehead atoms. The van der Waals surface area contributed by atoms with E-state index in [1.165, 1.54) is 17.7 Å². The van der Waals surface area contributed by atoms with Crippen molar-refractivity contribution in [2.75, 3.05) is 11.4 Å². The summed E-state index contributed by atoms with van der Waals surface area (Å²) in [6, 6.07) is 20.8. The molecular weight excluding hydrogens is 438 g/mol. The van der Waals surface area contributed by atoms with Gasteiger partial charge in [-0.15, -0.1) is 0 Å². The van der Waals surface area contributed by atoms with E-state index in [-0.39, 0.29) is 10.8 Å². The minimum atomic E-state index is -3.69. The van der Waals surface area contributed by atoms with E-state index in [0.717, 1.165) is 16.8 Å². The standard InChI is InChI=1S/C24H23N5O3S/c1-18-3-13-23(14-4-18)33(31,32)28(2)21-11-7-20(8-12-21)24(30)26-15-19-5-9-22(10-6-19)29-17-25-16-27-29/h3-14,16-17H,15H2,1-2H3,(H,26,30). The van der Waals surface area contributed by atoms with Crippen LogP contribution in [0.5, 0.6) is 0 Å². The molecule has 1 N–H and O–H groups in total. The zero-order valence-electron chi connectivity index (χ0n) is 18.2. The van der Waals surface area contributed by atoms with Crippen LogP contribution in [0.1, 0.15) is 21.5 Å². The van der Waals surface area contributed by atoms with Crippen molar-refractivity contribution in [2.45, 2.75) is 18.4 Å². The largest absolute Gasteiger partial charge is 0.348 e. The van der Waals surface area contributed by atoms with Crippen molar-refractivity contribution in [1.82, 2.24) is 20.1 Å². The van der Waals surface area contributed by atoms with Gasteiger partial charge in [0.2, 0.25) is 0 Å². The second-order valence-electron chi connectivity index (χ2n) is 7.52. The number of sulfonamides is 1. The van der Waals surface area contributed by atoms with Crippen molar-refractivity contribution in [3.63, 3.8) is 0 Å². The highest BCUT2D eigenvalue weighted by Crippen LogP contribution is 2.22. The number of benzene rings is 3. The highest BCUT2D eigenvalue weighted by Gasteiger charge is 2.21. The fourth-order valence-corrected chi connectivity index (χ4v) is 4.42. The van der Waals surface area contributed by atoms with E-state index in [1.54, 1.807) is 59.5 Å². The van der Waals surface area contributed by atoms with E-state index in [1.807, 2.05) is 31.2 Å². The number of rotatable bonds is 7. The third kappa shape index (κ3) is 4.93. The van der Waals surface area contributed by atoms with E-state index < -0.39 is 10.0 Å². The molecule has 0 aliphatic carbocycles. The molecule has 0 saturated carbocycles. The number of aromatic nitrogens is 3. The van der Waals surface area contributed by atoms with Gasteiger partial charge in [0.1, 0.15) is 12.7 Å². The molecular formula is C24H23N5O3S. The minimum absolute atomic E-state index is 0.215. The fourth-order valence-electron chi connectivity index (χ4n) is 3.22. The number of nitrogens with zero attached hydrogens (tertiary/aromatic N) is 4. The van der Waals surface area contributed by atoms with Gasteiger partial charge in [-0.3, -0.25) is 9.10 Å². The molecule has 0 atom stereocenters. The molecule has 168 valence electrons. The summed E-state index contributed by atoms with van der Waals surface area (Å²) in [6.45, 7) is 2.26. The molecule has 0 aliphatic rings. The second kappa shape index (κ2) is 9.25. The average molecular weight is 462 g/mol. The molecule has 0 saturated heterocycles. The Hall–Kier alpha value is -3.98. The summed E-state index contributed by atoms with van der Waals surface area (Å²) >= 11 is 0. The van der Waals surface area contributed by atoms with Gasteiger partial charge in [-0.2, -0.15) is 5.10 Å². The van der Waals surface area contributed by atoms with Crippen LogP contribution in [0.4, 0.5) is 5.69 Å². The molecule has 8 nitrogen and oxygen atoms in total. The Morgan fingerprint density at radius 1 is 0.970 bits per heavy atom. The van der Waals surface area contributed by atoms with Gasteiger partial charge >= 0.3 is 0 Å². The number of aryl methyl sites for hydroxylation is 1. The summed E-state index contributed by atoms with van der Waals surface area (Å²) in [7, 11) is -2.19. The van der Waals surface area contributed by atoms with Crippen LogP contribution in [0.15, 0.2) is 90.3 Å². The number of hydrogen-bond acceptors (Lipinski definition) is 5. The van der Waals surface area contributed by atoms with Crippen molar-refractivity contribution in [3.8, 4) is 5.69 Å². The summed E-state index contributed by atoms with van der Waals surface area (Å²) in [5.41, 5.74) is 3.71. The van der Waals surface area contributed by atoms with Gasteiger partial charge in [0.05, 0.1) is 16.3 Å². The lowest BCUT2D eigenvalue weighted by Crippen LogP contribution is -2.27. The smallest absolute Gasteiger partial charge is 0.264 e. The Bertz CT molecular complexity index is 1330. The first-order valence-corrected chi connectivity index (χ1v) is 11.7. The van der Waals surface area contributed by atoms with E-state index in [9.17, 15) is 13.2 Å². The Balaban J connectivity index is 1.39. The van der Waals surface area contributed by atoms with E-state index >= 15 is 0 Å². The molecule has 1 aromatic heterocycles. The predicted molar refractivity (Wildman–Crippen MR) is 126 cm³/mol. The van der Waals surface area contributed by atoms with Gasteiger partial charge in [-0.05, 0) is 61.0 Å². The summed E-state index contributed by atoms with van der Waals surface area (Å²) in [4.78, 5) is 16.7. The van der Waals surface area contributed by atoms with Gasteiger partial charge in [0.25, 0.3) is 15.9 Å². The molecule has 9 heteroatoms. The first kappa shape index (κ1) is 22.2. The lowest BCUT2D eigenvalue weighted by atomic mass is 10.1. The van der Waals surface area contributed by atoms with Crippen molar-refractivity contribution in [2.24, 2.45) is 0 Å². The zero-order valence-corrected chi connectivity index (χ0v) is 19.0. The van der Waals surface area contributed by atoms with Gasteiger partial charge < -0.3 is 5.32 Å². The minimum Gasteiger partial charge on any atom is -0.348 e. The van der Waals surface area contributed by atoms with Crippen LogP contribution in [0.3, 0.4) is 0 Å². The summed E-state index contributed by atoms with van der Waals surface area (Å²) in [5, 5.41) is 6.95. The number of carbonyl (C=O) groups excluding carboxylic acids is 1. The van der Waals surface area contributed by atoms with Crippen LogP contribution in [0, 0.1) is 6.92 Å². The van der Waals surface area contributed by atoms with Crippen molar-refractivity contribution >= 4 is 21.6 Å². The molecule has 0 fully saturated rings. The first-order valence-electron chi connectivity index (χ1n) is 10.2. The van der Waals surface area contributed by atoms with Crippen molar-refractivity contribution < 1.29 is 13.2 Å². The van der Waals surface area contributed by atoms with Crippen LogP contribution in [-0.4, -0.2) is 36.1 Å². The highest BCUT2D eigenvalue weighted by atomic mass is 32.2. The molecule has 3 aromatic carbocycles. The van der Waals surface area contributed by atoms with Gasteiger partial charge in [-0.1, -0.05) is 29.8 Å². The monoisotopic (exact) mass is 461 g/mol.